The first-order chi connectivity index (χ1) is 9.13. The summed E-state index contributed by atoms with van der Waals surface area (Å²) in [6.07, 6.45) is 2.15. The molecule has 1 amide bonds. The summed E-state index contributed by atoms with van der Waals surface area (Å²) in [5.41, 5.74) is -0.544. The van der Waals surface area contributed by atoms with Crippen LogP contribution in [0.15, 0.2) is 36.7 Å². The van der Waals surface area contributed by atoms with Gasteiger partial charge >= 0.3 is 0 Å². The molecule has 0 aliphatic carbocycles. The number of carbonyl (C=O) groups is 1. The molecule has 19 heavy (non-hydrogen) atoms. The molecule has 4 nitrogen and oxygen atoms in total. The fourth-order valence-electron chi connectivity index (χ4n) is 1.49. The molecule has 1 N–H and O–H groups in total. The van der Waals surface area contributed by atoms with Gasteiger partial charge in [0.15, 0.2) is 5.82 Å². The Morgan fingerprint density at radius 1 is 1.26 bits per heavy atom. The van der Waals surface area contributed by atoms with Gasteiger partial charge in [0.2, 0.25) is 0 Å². The van der Waals surface area contributed by atoms with Gasteiger partial charge in [-0.25, -0.2) is 8.78 Å². The van der Waals surface area contributed by atoms with Gasteiger partial charge in [-0.2, -0.15) is 5.26 Å². The molecule has 0 atom stereocenters. The average Bonchev–Trinajstić information content (AvgIpc) is 2.39. The summed E-state index contributed by atoms with van der Waals surface area (Å²) in [4.78, 5) is 15.3. The van der Waals surface area contributed by atoms with Crippen molar-refractivity contribution in [3.05, 3.63) is 59.4 Å². The zero-order valence-corrected chi connectivity index (χ0v) is 9.52. The number of nitrogens with zero attached hydrogens (tertiary/aromatic N) is 2. The smallest absolute Gasteiger partial charge is 0.258 e. The van der Waals surface area contributed by atoms with Gasteiger partial charge in [-0.1, -0.05) is 6.07 Å². The third-order valence-electron chi connectivity index (χ3n) is 2.39. The number of anilines is 1. The number of aromatic nitrogens is 1. The van der Waals surface area contributed by atoms with E-state index in [1.54, 1.807) is 6.07 Å². The SMILES string of the molecule is N#Cc1c(F)cccc1NC(=O)c1ccncc1F. The Labute approximate surface area is 107 Å². The number of hydrogen-bond acceptors (Lipinski definition) is 3. The molecule has 0 bridgehead atoms. The van der Waals surface area contributed by atoms with Crippen LogP contribution >= 0.6 is 0 Å². The van der Waals surface area contributed by atoms with Crippen LogP contribution in [0, 0.1) is 23.0 Å². The van der Waals surface area contributed by atoms with Gasteiger partial charge in [0.1, 0.15) is 17.4 Å². The molecule has 1 aromatic carbocycles. The van der Waals surface area contributed by atoms with Crippen LogP contribution in [0.5, 0.6) is 0 Å². The first-order valence-corrected chi connectivity index (χ1v) is 5.23. The molecular formula is C13H7F2N3O. The van der Waals surface area contributed by atoms with E-state index >= 15 is 0 Å². The summed E-state index contributed by atoms with van der Waals surface area (Å²) in [6, 6.07) is 6.63. The van der Waals surface area contributed by atoms with Gasteiger partial charge < -0.3 is 5.32 Å². The average molecular weight is 259 g/mol. The molecule has 0 fully saturated rings. The third kappa shape index (κ3) is 2.55. The first-order valence-electron chi connectivity index (χ1n) is 5.23. The molecule has 0 spiro atoms. The highest BCUT2D eigenvalue weighted by Crippen LogP contribution is 2.19. The maximum Gasteiger partial charge on any atom is 0.258 e. The van der Waals surface area contributed by atoms with E-state index in [0.717, 1.165) is 12.3 Å². The molecule has 1 heterocycles. The maximum absolute atomic E-state index is 13.3. The molecule has 6 heteroatoms. The van der Waals surface area contributed by atoms with Crippen molar-refractivity contribution in [2.24, 2.45) is 0 Å². The number of nitriles is 1. The van der Waals surface area contributed by atoms with Crippen LogP contribution in [-0.2, 0) is 0 Å². The number of carbonyl (C=O) groups excluding carboxylic acids is 1. The summed E-state index contributed by atoms with van der Waals surface area (Å²) in [6.45, 7) is 0. The quantitative estimate of drug-likeness (QED) is 0.901. The molecule has 0 aliphatic rings. The summed E-state index contributed by atoms with van der Waals surface area (Å²) in [5, 5.41) is 11.1. The standard InChI is InChI=1S/C13H7F2N3O/c14-10-2-1-3-12(9(10)6-16)18-13(19)8-4-5-17-7-11(8)15/h1-5,7H,(H,18,19). The Kier molecular flexibility index (Phi) is 3.48. The van der Waals surface area contributed by atoms with E-state index in [1.165, 1.54) is 24.4 Å². The minimum absolute atomic E-state index is 0.0105. The summed E-state index contributed by atoms with van der Waals surface area (Å²) in [5.74, 6) is -2.33. The van der Waals surface area contributed by atoms with Crippen molar-refractivity contribution in [1.29, 1.82) is 5.26 Å². The third-order valence-corrected chi connectivity index (χ3v) is 2.39. The van der Waals surface area contributed by atoms with Gasteiger partial charge in [0.25, 0.3) is 5.91 Å². The van der Waals surface area contributed by atoms with Crippen molar-refractivity contribution >= 4 is 11.6 Å². The number of benzene rings is 1. The minimum Gasteiger partial charge on any atom is -0.321 e. The van der Waals surface area contributed by atoms with Crippen molar-refractivity contribution in [3.63, 3.8) is 0 Å². The lowest BCUT2D eigenvalue weighted by Crippen LogP contribution is -2.15. The second-order valence-corrected chi connectivity index (χ2v) is 3.58. The van der Waals surface area contributed by atoms with Crippen molar-refractivity contribution in [2.75, 3.05) is 5.32 Å². The van der Waals surface area contributed by atoms with E-state index in [4.69, 9.17) is 5.26 Å². The van der Waals surface area contributed by atoms with E-state index in [9.17, 15) is 13.6 Å². The highest BCUT2D eigenvalue weighted by atomic mass is 19.1. The first kappa shape index (κ1) is 12.6. The molecule has 0 saturated heterocycles. The van der Waals surface area contributed by atoms with E-state index < -0.39 is 17.5 Å². The summed E-state index contributed by atoms with van der Waals surface area (Å²) in [7, 11) is 0. The number of hydrogen-bond donors (Lipinski definition) is 1. The van der Waals surface area contributed by atoms with Crippen LogP contribution < -0.4 is 5.32 Å². The fourth-order valence-corrected chi connectivity index (χ4v) is 1.49. The van der Waals surface area contributed by atoms with E-state index in [-0.39, 0.29) is 16.8 Å². The van der Waals surface area contributed by atoms with Crippen LogP contribution in [0.3, 0.4) is 0 Å². The number of pyridine rings is 1. The fraction of sp³-hybridized carbons (Fsp3) is 0. The topological polar surface area (TPSA) is 65.8 Å². The Bertz CT molecular complexity index is 680. The van der Waals surface area contributed by atoms with Crippen molar-refractivity contribution in [2.45, 2.75) is 0 Å². The van der Waals surface area contributed by atoms with Crippen molar-refractivity contribution < 1.29 is 13.6 Å². The van der Waals surface area contributed by atoms with Gasteiger partial charge in [0.05, 0.1) is 17.4 Å². The lowest BCUT2D eigenvalue weighted by molar-refractivity contribution is 0.102. The van der Waals surface area contributed by atoms with Gasteiger partial charge in [-0.3, -0.25) is 9.78 Å². The number of halogens is 2. The van der Waals surface area contributed by atoms with Crippen LogP contribution in [0.25, 0.3) is 0 Å². The van der Waals surface area contributed by atoms with Crippen molar-refractivity contribution in [3.8, 4) is 6.07 Å². The Hall–Kier alpha value is -2.81. The monoisotopic (exact) mass is 259 g/mol. The second kappa shape index (κ2) is 5.23. The Balaban J connectivity index is 2.33. The predicted octanol–water partition coefficient (Wildman–Crippen LogP) is 2.48. The Morgan fingerprint density at radius 2 is 2.05 bits per heavy atom. The molecule has 0 unspecified atom stereocenters. The predicted molar refractivity (Wildman–Crippen MR) is 63.3 cm³/mol. The summed E-state index contributed by atoms with van der Waals surface area (Å²) >= 11 is 0. The number of amides is 1. The second-order valence-electron chi connectivity index (χ2n) is 3.58. The molecule has 94 valence electrons. The summed E-state index contributed by atoms with van der Waals surface area (Å²) < 4.78 is 26.7. The zero-order chi connectivity index (χ0) is 13.8. The van der Waals surface area contributed by atoms with Gasteiger partial charge in [0, 0.05) is 6.20 Å². The largest absolute Gasteiger partial charge is 0.321 e. The number of rotatable bonds is 2. The van der Waals surface area contributed by atoms with E-state index in [0.29, 0.717) is 0 Å². The van der Waals surface area contributed by atoms with Gasteiger partial charge in [-0.15, -0.1) is 0 Å². The highest BCUT2D eigenvalue weighted by Gasteiger charge is 2.14. The molecule has 2 rings (SSSR count). The van der Waals surface area contributed by atoms with Crippen LogP contribution in [0.2, 0.25) is 0 Å². The Morgan fingerprint density at radius 3 is 2.74 bits per heavy atom. The van der Waals surface area contributed by atoms with Gasteiger partial charge in [-0.05, 0) is 18.2 Å². The zero-order valence-electron chi connectivity index (χ0n) is 9.52. The molecular weight excluding hydrogens is 252 g/mol. The van der Waals surface area contributed by atoms with E-state index in [2.05, 4.69) is 10.3 Å². The number of nitrogens with one attached hydrogen (secondary N) is 1. The molecule has 1 aromatic heterocycles. The van der Waals surface area contributed by atoms with E-state index in [1.807, 2.05) is 0 Å². The maximum atomic E-state index is 13.3. The molecule has 0 radical (unpaired) electrons. The lowest BCUT2D eigenvalue weighted by atomic mass is 10.1. The lowest BCUT2D eigenvalue weighted by Gasteiger charge is -2.07. The van der Waals surface area contributed by atoms with Crippen LogP contribution in [0.1, 0.15) is 15.9 Å². The molecule has 0 aliphatic heterocycles. The highest BCUT2D eigenvalue weighted by molar-refractivity contribution is 6.05. The molecule has 2 aromatic rings. The molecule has 0 saturated carbocycles. The van der Waals surface area contributed by atoms with Crippen LogP contribution in [0.4, 0.5) is 14.5 Å². The normalized spacial score (nSPS) is 9.74. The van der Waals surface area contributed by atoms with Crippen LogP contribution in [-0.4, -0.2) is 10.9 Å². The minimum atomic E-state index is -0.796. The van der Waals surface area contributed by atoms with Crippen molar-refractivity contribution in [1.82, 2.24) is 4.98 Å².